The topological polar surface area (TPSA) is 51.2 Å². The molecule has 0 aliphatic rings. The molecule has 1 aromatic heterocycles. The molecular weight excluding hydrogens is 196 g/mol. The van der Waals surface area contributed by atoms with Gasteiger partial charge < -0.3 is 0 Å². The lowest BCUT2D eigenvalue weighted by Gasteiger charge is -1.94. The van der Waals surface area contributed by atoms with Crippen molar-refractivity contribution in [2.24, 2.45) is 0 Å². The van der Waals surface area contributed by atoms with Crippen LogP contribution >= 0.6 is 11.3 Å². The maximum Gasteiger partial charge on any atom is 0.185 e. The van der Waals surface area contributed by atoms with Gasteiger partial charge in [-0.05, 0) is 12.5 Å². The highest BCUT2D eigenvalue weighted by Crippen LogP contribution is 2.24. The largest absolute Gasteiger partial charge is 0.298 e. The van der Waals surface area contributed by atoms with Crippen molar-refractivity contribution < 1.29 is 13.2 Å². The molecule has 1 rings (SSSR count). The molecule has 12 heavy (non-hydrogen) atoms. The maximum atomic E-state index is 11.1. The van der Waals surface area contributed by atoms with E-state index < -0.39 is 9.84 Å². The van der Waals surface area contributed by atoms with E-state index in [0.717, 1.165) is 17.6 Å². The molecule has 0 saturated heterocycles. The minimum absolute atomic E-state index is 0.282. The van der Waals surface area contributed by atoms with E-state index in [0.29, 0.717) is 17.4 Å². The van der Waals surface area contributed by atoms with Crippen molar-refractivity contribution in [1.29, 1.82) is 0 Å². The van der Waals surface area contributed by atoms with Crippen LogP contribution in [0.25, 0.3) is 0 Å². The summed E-state index contributed by atoms with van der Waals surface area (Å²) in [4.78, 5) is 10.4. The van der Waals surface area contributed by atoms with Crippen molar-refractivity contribution in [2.75, 3.05) is 6.26 Å². The second-order valence-corrected chi connectivity index (χ2v) is 5.58. The molecule has 0 unspecified atom stereocenters. The van der Waals surface area contributed by atoms with Crippen molar-refractivity contribution in [2.45, 2.75) is 11.1 Å². The normalized spacial score (nSPS) is 11.5. The van der Waals surface area contributed by atoms with Gasteiger partial charge in [0.05, 0.1) is 0 Å². The number of hydrogen-bond acceptors (Lipinski definition) is 4. The first-order valence-electron chi connectivity index (χ1n) is 3.20. The highest BCUT2D eigenvalue weighted by Gasteiger charge is 2.15. The first-order chi connectivity index (χ1) is 5.46. The molecule has 1 aromatic rings. The van der Waals surface area contributed by atoms with Crippen LogP contribution in [0.15, 0.2) is 9.59 Å². The Kier molecular flexibility index (Phi) is 2.34. The van der Waals surface area contributed by atoms with Crippen molar-refractivity contribution in [3.05, 3.63) is 16.5 Å². The van der Waals surface area contributed by atoms with Gasteiger partial charge in [0.2, 0.25) is 0 Å². The molecule has 5 heteroatoms. The van der Waals surface area contributed by atoms with Gasteiger partial charge in [0.25, 0.3) is 0 Å². The second kappa shape index (κ2) is 2.99. The third-order valence-electron chi connectivity index (χ3n) is 1.50. The monoisotopic (exact) mass is 204 g/mol. The Morgan fingerprint density at radius 3 is 2.33 bits per heavy atom. The Balaban J connectivity index is 3.39. The Morgan fingerprint density at radius 1 is 1.50 bits per heavy atom. The number of carbonyl (C=O) groups is 1. The molecule has 0 saturated carbocycles. The van der Waals surface area contributed by atoms with Crippen molar-refractivity contribution >= 4 is 27.5 Å². The van der Waals surface area contributed by atoms with E-state index in [1.807, 2.05) is 0 Å². The van der Waals surface area contributed by atoms with Gasteiger partial charge in [-0.25, -0.2) is 8.42 Å². The molecule has 0 aromatic carbocycles. The van der Waals surface area contributed by atoms with Crippen LogP contribution in [0.5, 0.6) is 0 Å². The Hall–Kier alpha value is -0.680. The van der Waals surface area contributed by atoms with Crippen LogP contribution in [0.4, 0.5) is 0 Å². The molecule has 1 heterocycles. The number of aldehydes is 1. The Morgan fingerprint density at radius 2 is 2.08 bits per heavy atom. The smallest absolute Gasteiger partial charge is 0.185 e. The van der Waals surface area contributed by atoms with E-state index in [4.69, 9.17) is 0 Å². The third-order valence-corrected chi connectivity index (χ3v) is 4.56. The molecule has 0 spiro atoms. The summed E-state index contributed by atoms with van der Waals surface area (Å²) in [5.74, 6) is 0. The van der Waals surface area contributed by atoms with E-state index >= 15 is 0 Å². The summed E-state index contributed by atoms with van der Waals surface area (Å²) in [5.41, 5.74) is 1.01. The van der Waals surface area contributed by atoms with Crippen molar-refractivity contribution in [3.63, 3.8) is 0 Å². The minimum Gasteiger partial charge on any atom is -0.298 e. The van der Waals surface area contributed by atoms with Crippen LogP contribution in [-0.2, 0) is 9.84 Å². The summed E-state index contributed by atoms with van der Waals surface area (Å²) in [5, 5.41) is 1.55. The molecule has 0 fully saturated rings. The average molecular weight is 204 g/mol. The van der Waals surface area contributed by atoms with Crippen LogP contribution < -0.4 is 0 Å². The second-order valence-electron chi connectivity index (χ2n) is 2.49. The minimum atomic E-state index is -3.16. The van der Waals surface area contributed by atoms with E-state index in [9.17, 15) is 13.2 Å². The predicted molar refractivity (Wildman–Crippen MR) is 47.6 cm³/mol. The van der Waals surface area contributed by atoms with Crippen molar-refractivity contribution in [3.8, 4) is 0 Å². The molecule has 0 amide bonds. The summed E-state index contributed by atoms with van der Waals surface area (Å²) in [6, 6.07) is 0. The lowest BCUT2D eigenvalue weighted by atomic mass is 10.2. The highest BCUT2D eigenvalue weighted by atomic mass is 32.2. The van der Waals surface area contributed by atoms with Gasteiger partial charge in [-0.1, -0.05) is 0 Å². The maximum absolute atomic E-state index is 11.1. The zero-order chi connectivity index (χ0) is 9.35. The zero-order valence-corrected chi connectivity index (χ0v) is 8.33. The molecule has 0 aliphatic carbocycles. The molecule has 0 bridgehead atoms. The molecule has 0 aliphatic heterocycles. The van der Waals surface area contributed by atoms with Crippen LogP contribution in [0, 0.1) is 6.92 Å². The van der Waals surface area contributed by atoms with Gasteiger partial charge in [0, 0.05) is 17.2 Å². The molecule has 66 valence electrons. The first-order valence-corrected chi connectivity index (χ1v) is 5.97. The molecule has 0 radical (unpaired) electrons. The Bertz CT molecular complexity index is 400. The van der Waals surface area contributed by atoms with E-state index in [1.54, 1.807) is 12.3 Å². The predicted octanol–water partition coefficient (Wildman–Crippen LogP) is 1.27. The molecule has 0 N–H and O–H groups in total. The van der Waals surface area contributed by atoms with Gasteiger partial charge >= 0.3 is 0 Å². The van der Waals surface area contributed by atoms with Gasteiger partial charge in [0.15, 0.2) is 16.1 Å². The summed E-state index contributed by atoms with van der Waals surface area (Å²) >= 11 is 1.09. The summed E-state index contributed by atoms with van der Waals surface area (Å²) in [6.07, 6.45) is 1.81. The molecule has 3 nitrogen and oxygen atoms in total. The lowest BCUT2D eigenvalue weighted by Crippen LogP contribution is -1.96. The fourth-order valence-electron chi connectivity index (χ4n) is 0.893. The molecule has 0 atom stereocenters. The SMILES string of the molecule is Cc1c(C=O)csc1S(C)(=O)=O. The van der Waals surface area contributed by atoms with E-state index in [-0.39, 0.29) is 4.21 Å². The lowest BCUT2D eigenvalue weighted by molar-refractivity contribution is 0.112. The van der Waals surface area contributed by atoms with Gasteiger partial charge in [0.1, 0.15) is 4.21 Å². The third kappa shape index (κ3) is 1.56. The number of sulfone groups is 1. The quantitative estimate of drug-likeness (QED) is 0.682. The van der Waals surface area contributed by atoms with E-state index in [1.165, 1.54) is 0 Å². The van der Waals surface area contributed by atoms with Gasteiger partial charge in [-0.2, -0.15) is 0 Å². The van der Waals surface area contributed by atoms with Crippen LogP contribution in [0.3, 0.4) is 0 Å². The number of hydrogen-bond donors (Lipinski definition) is 0. The first kappa shape index (κ1) is 9.41. The Labute approximate surface area is 75.0 Å². The molecular formula is C7H8O3S2. The summed E-state index contributed by atoms with van der Waals surface area (Å²) < 4.78 is 22.4. The summed E-state index contributed by atoms with van der Waals surface area (Å²) in [7, 11) is -3.16. The van der Waals surface area contributed by atoms with E-state index in [2.05, 4.69) is 0 Å². The number of thiophene rings is 1. The van der Waals surface area contributed by atoms with Crippen molar-refractivity contribution in [1.82, 2.24) is 0 Å². The fraction of sp³-hybridized carbons (Fsp3) is 0.286. The van der Waals surface area contributed by atoms with Gasteiger partial charge in [-0.15, -0.1) is 11.3 Å². The van der Waals surface area contributed by atoms with Crippen LogP contribution in [0.2, 0.25) is 0 Å². The zero-order valence-electron chi connectivity index (χ0n) is 6.70. The van der Waals surface area contributed by atoms with Gasteiger partial charge in [-0.3, -0.25) is 4.79 Å². The summed E-state index contributed by atoms with van der Waals surface area (Å²) in [6.45, 7) is 1.64. The fourth-order valence-corrected chi connectivity index (χ4v) is 3.17. The van der Waals surface area contributed by atoms with Crippen LogP contribution in [0.1, 0.15) is 15.9 Å². The standard InChI is InChI=1S/C7H8O3S2/c1-5-6(3-8)4-11-7(5)12(2,9)10/h3-4H,1-2H3. The highest BCUT2D eigenvalue weighted by molar-refractivity contribution is 7.92. The average Bonchev–Trinajstić information content (AvgIpc) is 2.29. The number of rotatable bonds is 2. The number of carbonyl (C=O) groups excluding carboxylic acids is 1. The van der Waals surface area contributed by atoms with Crippen LogP contribution in [-0.4, -0.2) is 21.0 Å².